The van der Waals surface area contributed by atoms with Crippen LogP contribution < -0.4 is 15.5 Å². The number of urea groups is 1. The number of hydrogen-bond donors (Lipinski definition) is 2. The number of hydrogen-bond acceptors (Lipinski definition) is 5. The highest BCUT2D eigenvalue weighted by Gasteiger charge is 2.20. The van der Waals surface area contributed by atoms with Crippen LogP contribution in [0.25, 0.3) is 11.5 Å². The third kappa shape index (κ3) is 4.08. The molecule has 1 aromatic heterocycles. The van der Waals surface area contributed by atoms with Crippen LogP contribution in [0.3, 0.4) is 0 Å². The molecule has 2 amide bonds. The summed E-state index contributed by atoms with van der Waals surface area (Å²) in [4.78, 5) is 13.8. The van der Waals surface area contributed by atoms with E-state index in [1.807, 2.05) is 37.3 Å². The molecule has 7 nitrogen and oxygen atoms in total. The molecule has 7 heteroatoms. The van der Waals surface area contributed by atoms with Gasteiger partial charge in [-0.05, 0) is 68.7 Å². The van der Waals surface area contributed by atoms with Crippen LogP contribution in [0.2, 0.25) is 0 Å². The summed E-state index contributed by atoms with van der Waals surface area (Å²) in [6, 6.07) is 13.7. The minimum absolute atomic E-state index is 0.0589. The lowest BCUT2D eigenvalue weighted by atomic mass is 10.1. The van der Waals surface area contributed by atoms with Gasteiger partial charge < -0.3 is 15.1 Å². The lowest BCUT2D eigenvalue weighted by Crippen LogP contribution is -2.46. The van der Waals surface area contributed by atoms with Crippen molar-refractivity contribution in [3.05, 3.63) is 59.5 Å². The van der Waals surface area contributed by atoms with Crippen molar-refractivity contribution in [3.8, 4) is 11.5 Å². The zero-order valence-electron chi connectivity index (χ0n) is 16.9. The number of benzene rings is 2. The van der Waals surface area contributed by atoms with E-state index in [1.54, 1.807) is 4.90 Å². The molecule has 1 atom stereocenters. The topological polar surface area (TPSA) is 83.3 Å². The van der Waals surface area contributed by atoms with Gasteiger partial charge >= 0.3 is 6.03 Å². The molecule has 1 aliphatic heterocycles. The molecule has 1 fully saturated rings. The van der Waals surface area contributed by atoms with Crippen LogP contribution in [-0.2, 0) is 0 Å². The van der Waals surface area contributed by atoms with Crippen molar-refractivity contribution >= 4 is 17.4 Å². The van der Waals surface area contributed by atoms with Crippen molar-refractivity contribution < 1.29 is 9.21 Å². The van der Waals surface area contributed by atoms with Crippen LogP contribution >= 0.6 is 0 Å². The first-order chi connectivity index (χ1) is 14.0. The van der Waals surface area contributed by atoms with Gasteiger partial charge in [-0.2, -0.15) is 0 Å². The van der Waals surface area contributed by atoms with Gasteiger partial charge in [0.15, 0.2) is 0 Å². The molecule has 150 valence electrons. The fraction of sp³-hybridized carbons (Fsp3) is 0.318. The van der Waals surface area contributed by atoms with Crippen LogP contribution in [0.5, 0.6) is 0 Å². The first-order valence-corrected chi connectivity index (χ1v) is 9.84. The fourth-order valence-corrected chi connectivity index (χ4v) is 3.35. The maximum atomic E-state index is 12.1. The Balaban J connectivity index is 1.49. The van der Waals surface area contributed by atoms with E-state index in [9.17, 15) is 4.79 Å². The number of aryl methyl sites for hydroxylation is 2. The van der Waals surface area contributed by atoms with Gasteiger partial charge in [0.1, 0.15) is 6.04 Å². The Labute approximate surface area is 170 Å². The smallest absolute Gasteiger partial charge is 0.321 e. The van der Waals surface area contributed by atoms with Gasteiger partial charge in [0.05, 0.1) is 0 Å². The molecular weight excluding hydrogens is 366 g/mol. The Morgan fingerprint density at radius 3 is 2.79 bits per heavy atom. The lowest BCUT2D eigenvalue weighted by Gasteiger charge is -2.28. The van der Waals surface area contributed by atoms with Crippen molar-refractivity contribution in [1.82, 2.24) is 15.5 Å². The number of rotatable bonds is 5. The van der Waals surface area contributed by atoms with Gasteiger partial charge in [0.25, 0.3) is 0 Å². The van der Waals surface area contributed by atoms with E-state index in [0.29, 0.717) is 18.3 Å². The van der Waals surface area contributed by atoms with Crippen LogP contribution in [0.4, 0.5) is 16.2 Å². The number of anilines is 2. The normalized spacial score (nSPS) is 15.1. The summed E-state index contributed by atoms with van der Waals surface area (Å²) in [5, 5.41) is 14.7. The van der Waals surface area contributed by atoms with Crippen LogP contribution in [0, 0.1) is 13.8 Å². The van der Waals surface area contributed by atoms with Crippen molar-refractivity contribution in [3.63, 3.8) is 0 Å². The van der Waals surface area contributed by atoms with Crippen LogP contribution in [0.15, 0.2) is 46.9 Å². The van der Waals surface area contributed by atoms with Crippen LogP contribution in [0.1, 0.15) is 36.4 Å². The molecule has 3 aromatic rings. The monoisotopic (exact) mass is 391 g/mol. The van der Waals surface area contributed by atoms with E-state index in [1.165, 1.54) is 11.1 Å². The highest BCUT2D eigenvalue weighted by Crippen LogP contribution is 2.27. The first-order valence-electron chi connectivity index (χ1n) is 9.84. The standard InChI is InChI=1S/C22H25N5O2/c1-14-8-9-17(12-15(14)2)21-26-25-20(29-21)16(3)24-18-6-4-7-19(13-18)27-11-5-10-23-22(27)28/h4,6-9,12-13,16,24H,5,10-11H2,1-3H3,(H,23,28). The molecule has 0 radical (unpaired) electrons. The lowest BCUT2D eigenvalue weighted by molar-refractivity contribution is 0.243. The summed E-state index contributed by atoms with van der Waals surface area (Å²) in [6.45, 7) is 7.55. The zero-order chi connectivity index (χ0) is 20.4. The van der Waals surface area contributed by atoms with E-state index in [2.05, 4.69) is 46.8 Å². The average molecular weight is 391 g/mol. The molecule has 2 heterocycles. The van der Waals surface area contributed by atoms with E-state index in [0.717, 1.165) is 29.9 Å². The summed E-state index contributed by atoms with van der Waals surface area (Å²) in [5.41, 5.74) is 5.08. The third-order valence-corrected chi connectivity index (χ3v) is 5.19. The Morgan fingerprint density at radius 1 is 1.14 bits per heavy atom. The van der Waals surface area contributed by atoms with Crippen molar-refractivity contribution in [2.45, 2.75) is 33.2 Å². The minimum atomic E-state index is -0.173. The Hall–Kier alpha value is -3.35. The SMILES string of the molecule is Cc1ccc(-c2nnc(C(C)Nc3cccc(N4CCCNC4=O)c3)o2)cc1C. The fourth-order valence-electron chi connectivity index (χ4n) is 3.35. The van der Waals surface area contributed by atoms with E-state index >= 15 is 0 Å². The first kappa shape index (κ1) is 19.0. The van der Waals surface area contributed by atoms with Crippen molar-refractivity contribution in [2.24, 2.45) is 0 Å². The number of aromatic nitrogens is 2. The van der Waals surface area contributed by atoms with Gasteiger partial charge in [0.2, 0.25) is 11.8 Å². The van der Waals surface area contributed by atoms with E-state index < -0.39 is 0 Å². The molecule has 2 aromatic carbocycles. The molecule has 1 unspecified atom stereocenters. The van der Waals surface area contributed by atoms with Gasteiger partial charge in [-0.25, -0.2) is 4.79 Å². The number of carbonyl (C=O) groups excluding carboxylic acids is 1. The maximum Gasteiger partial charge on any atom is 0.321 e. The van der Waals surface area contributed by atoms with Crippen molar-refractivity contribution in [2.75, 3.05) is 23.3 Å². The quantitative estimate of drug-likeness (QED) is 0.671. The molecule has 1 saturated heterocycles. The maximum absolute atomic E-state index is 12.1. The number of nitrogens with one attached hydrogen (secondary N) is 2. The highest BCUT2D eigenvalue weighted by atomic mass is 16.4. The Morgan fingerprint density at radius 2 is 2.00 bits per heavy atom. The second-order valence-electron chi connectivity index (χ2n) is 7.40. The summed E-state index contributed by atoms with van der Waals surface area (Å²) in [6.07, 6.45) is 0.934. The van der Waals surface area contributed by atoms with Crippen LogP contribution in [-0.4, -0.2) is 29.3 Å². The van der Waals surface area contributed by atoms with Gasteiger partial charge in [-0.3, -0.25) is 4.90 Å². The number of amides is 2. The molecule has 0 saturated carbocycles. The summed E-state index contributed by atoms with van der Waals surface area (Å²) in [5.74, 6) is 1.02. The largest absolute Gasteiger partial charge is 0.418 e. The minimum Gasteiger partial charge on any atom is -0.418 e. The summed E-state index contributed by atoms with van der Waals surface area (Å²) < 4.78 is 5.90. The molecule has 4 rings (SSSR count). The van der Waals surface area contributed by atoms with E-state index in [4.69, 9.17) is 4.42 Å². The number of nitrogens with zero attached hydrogens (tertiary/aromatic N) is 3. The molecule has 1 aliphatic rings. The molecule has 0 spiro atoms. The second kappa shape index (κ2) is 7.95. The summed E-state index contributed by atoms with van der Waals surface area (Å²) >= 11 is 0. The van der Waals surface area contributed by atoms with Crippen molar-refractivity contribution in [1.29, 1.82) is 0 Å². The second-order valence-corrected chi connectivity index (χ2v) is 7.40. The van der Waals surface area contributed by atoms with Gasteiger partial charge in [-0.1, -0.05) is 12.1 Å². The van der Waals surface area contributed by atoms with Gasteiger partial charge in [-0.15, -0.1) is 10.2 Å². The molecule has 2 N–H and O–H groups in total. The molecule has 0 bridgehead atoms. The third-order valence-electron chi connectivity index (χ3n) is 5.19. The average Bonchev–Trinajstić information content (AvgIpc) is 3.21. The van der Waals surface area contributed by atoms with Gasteiger partial charge in [0, 0.05) is 30.0 Å². The highest BCUT2D eigenvalue weighted by molar-refractivity contribution is 5.93. The predicted molar refractivity (Wildman–Crippen MR) is 113 cm³/mol. The Kier molecular flexibility index (Phi) is 5.20. The molecule has 29 heavy (non-hydrogen) atoms. The Bertz CT molecular complexity index is 1030. The predicted octanol–water partition coefficient (Wildman–Crippen LogP) is 4.45. The molecular formula is C22H25N5O2. The number of carbonyl (C=O) groups is 1. The molecule has 0 aliphatic carbocycles. The zero-order valence-corrected chi connectivity index (χ0v) is 16.9. The summed E-state index contributed by atoms with van der Waals surface area (Å²) in [7, 11) is 0. The van der Waals surface area contributed by atoms with E-state index in [-0.39, 0.29) is 12.1 Å².